The normalized spacial score (nSPS) is 32.9. The third-order valence-corrected chi connectivity index (χ3v) is 5.42. The summed E-state index contributed by atoms with van der Waals surface area (Å²) >= 11 is 0. The van der Waals surface area contributed by atoms with E-state index in [0.717, 1.165) is 19.5 Å². The molecule has 15 heavy (non-hydrogen) atoms. The van der Waals surface area contributed by atoms with Crippen LogP contribution in [0.25, 0.3) is 0 Å². The van der Waals surface area contributed by atoms with Crippen LogP contribution in [0.3, 0.4) is 0 Å². The number of rotatable bonds is 2. The third-order valence-electron chi connectivity index (χ3n) is 3.15. The lowest BCUT2D eigenvalue weighted by atomic mass is 10.2. The molecule has 0 aromatic heterocycles. The molecule has 2 rings (SSSR count). The average Bonchev–Trinajstić information content (AvgIpc) is 2.70. The molecule has 1 N–H and O–H groups in total. The lowest BCUT2D eigenvalue weighted by Crippen LogP contribution is -2.42. The first-order valence-corrected chi connectivity index (χ1v) is 6.92. The number of hydrogen-bond acceptors (Lipinski definition) is 3. The van der Waals surface area contributed by atoms with Gasteiger partial charge in [-0.15, -0.1) is 0 Å². The molecule has 88 valence electrons. The smallest absolute Gasteiger partial charge is 0.282 e. The van der Waals surface area contributed by atoms with Crippen molar-refractivity contribution in [2.24, 2.45) is 0 Å². The van der Waals surface area contributed by atoms with Crippen molar-refractivity contribution in [2.75, 3.05) is 26.2 Å². The SMILES string of the molecule is CC(C)N1CCN(C2CCNC2)S1(=O)=O. The minimum atomic E-state index is -3.18. The van der Waals surface area contributed by atoms with Gasteiger partial charge < -0.3 is 5.32 Å². The summed E-state index contributed by atoms with van der Waals surface area (Å²) in [6, 6.07) is 0.230. The van der Waals surface area contributed by atoms with Gasteiger partial charge >= 0.3 is 0 Å². The van der Waals surface area contributed by atoms with E-state index in [1.54, 1.807) is 8.61 Å². The molecule has 0 spiro atoms. The summed E-state index contributed by atoms with van der Waals surface area (Å²) in [5, 5.41) is 3.21. The van der Waals surface area contributed by atoms with E-state index < -0.39 is 10.2 Å². The molecule has 0 aromatic rings. The highest BCUT2D eigenvalue weighted by Crippen LogP contribution is 2.24. The first kappa shape index (κ1) is 11.3. The molecule has 6 heteroatoms. The predicted molar refractivity (Wildman–Crippen MR) is 58.7 cm³/mol. The molecule has 2 saturated heterocycles. The second kappa shape index (κ2) is 4.01. The predicted octanol–water partition coefficient (Wildman–Crippen LogP) is -0.381. The fourth-order valence-electron chi connectivity index (χ4n) is 2.34. The van der Waals surface area contributed by atoms with E-state index >= 15 is 0 Å². The Bertz CT molecular complexity index is 322. The minimum absolute atomic E-state index is 0.0642. The van der Waals surface area contributed by atoms with E-state index in [0.29, 0.717) is 13.1 Å². The molecule has 0 saturated carbocycles. The summed E-state index contributed by atoms with van der Waals surface area (Å²) < 4.78 is 27.5. The molecule has 0 aromatic carbocycles. The van der Waals surface area contributed by atoms with E-state index in [1.165, 1.54) is 0 Å². The summed E-state index contributed by atoms with van der Waals surface area (Å²) in [5.41, 5.74) is 0. The standard InChI is InChI=1S/C9H19N3O2S/c1-8(2)11-5-6-12(15(11,13)14)9-3-4-10-7-9/h8-10H,3-7H2,1-2H3. The van der Waals surface area contributed by atoms with E-state index in [9.17, 15) is 8.42 Å². The molecule has 0 radical (unpaired) electrons. The Balaban J connectivity index is 2.16. The Labute approximate surface area is 91.6 Å². The van der Waals surface area contributed by atoms with Crippen molar-refractivity contribution < 1.29 is 8.42 Å². The zero-order valence-electron chi connectivity index (χ0n) is 9.31. The molecular weight excluding hydrogens is 214 g/mol. The lowest BCUT2D eigenvalue weighted by molar-refractivity contribution is 0.365. The van der Waals surface area contributed by atoms with Crippen molar-refractivity contribution in [3.63, 3.8) is 0 Å². The fourth-order valence-corrected chi connectivity index (χ4v) is 4.33. The van der Waals surface area contributed by atoms with Crippen LogP contribution >= 0.6 is 0 Å². The van der Waals surface area contributed by atoms with Crippen LogP contribution in [-0.4, -0.2) is 55.3 Å². The van der Waals surface area contributed by atoms with Crippen molar-refractivity contribution in [1.29, 1.82) is 0 Å². The topological polar surface area (TPSA) is 52.6 Å². The van der Waals surface area contributed by atoms with Gasteiger partial charge in [0.15, 0.2) is 0 Å². The van der Waals surface area contributed by atoms with Gasteiger partial charge in [0.05, 0.1) is 0 Å². The maximum absolute atomic E-state index is 12.1. The monoisotopic (exact) mass is 233 g/mol. The molecule has 2 fully saturated rings. The molecule has 5 nitrogen and oxygen atoms in total. The highest BCUT2D eigenvalue weighted by Gasteiger charge is 2.42. The van der Waals surface area contributed by atoms with E-state index in [4.69, 9.17) is 0 Å². The van der Waals surface area contributed by atoms with Crippen molar-refractivity contribution >= 4 is 10.2 Å². The van der Waals surface area contributed by atoms with Gasteiger partial charge in [-0.25, -0.2) is 0 Å². The molecule has 2 heterocycles. The fraction of sp³-hybridized carbons (Fsp3) is 1.00. The first-order chi connectivity index (χ1) is 7.03. The van der Waals surface area contributed by atoms with Gasteiger partial charge in [0.2, 0.25) is 0 Å². The quantitative estimate of drug-likeness (QED) is 0.707. The summed E-state index contributed by atoms with van der Waals surface area (Å²) in [6.45, 7) is 6.86. The van der Waals surface area contributed by atoms with Crippen LogP contribution in [0.15, 0.2) is 0 Å². The van der Waals surface area contributed by atoms with Crippen LogP contribution in [0, 0.1) is 0 Å². The third kappa shape index (κ3) is 1.91. The molecule has 0 amide bonds. The Hall–Kier alpha value is -0.170. The van der Waals surface area contributed by atoms with Crippen LogP contribution in [0.1, 0.15) is 20.3 Å². The van der Waals surface area contributed by atoms with Crippen LogP contribution in [0.2, 0.25) is 0 Å². The van der Waals surface area contributed by atoms with Gasteiger partial charge in [-0.05, 0) is 26.8 Å². The Morgan fingerprint density at radius 2 is 2.07 bits per heavy atom. The summed E-state index contributed by atoms with van der Waals surface area (Å²) in [5.74, 6) is 0. The van der Waals surface area contributed by atoms with E-state index in [1.807, 2.05) is 13.8 Å². The van der Waals surface area contributed by atoms with E-state index in [-0.39, 0.29) is 12.1 Å². The Morgan fingerprint density at radius 1 is 1.33 bits per heavy atom. The van der Waals surface area contributed by atoms with Gasteiger partial charge in [-0.3, -0.25) is 0 Å². The Morgan fingerprint density at radius 3 is 2.53 bits per heavy atom. The maximum Gasteiger partial charge on any atom is 0.282 e. The molecule has 0 aliphatic carbocycles. The summed E-state index contributed by atoms with van der Waals surface area (Å²) in [4.78, 5) is 0. The van der Waals surface area contributed by atoms with Crippen molar-refractivity contribution in [2.45, 2.75) is 32.4 Å². The zero-order chi connectivity index (χ0) is 11.1. The largest absolute Gasteiger partial charge is 0.315 e. The van der Waals surface area contributed by atoms with Crippen LogP contribution < -0.4 is 5.32 Å². The summed E-state index contributed by atoms with van der Waals surface area (Å²) in [7, 11) is -3.18. The second-order valence-electron chi connectivity index (χ2n) is 4.47. The molecule has 2 aliphatic rings. The maximum atomic E-state index is 12.1. The molecule has 1 atom stereocenters. The number of hydrogen-bond donors (Lipinski definition) is 1. The summed E-state index contributed by atoms with van der Waals surface area (Å²) in [6.07, 6.45) is 0.936. The molecular formula is C9H19N3O2S. The van der Waals surface area contributed by atoms with Gasteiger partial charge in [-0.1, -0.05) is 0 Å². The highest BCUT2D eigenvalue weighted by molar-refractivity contribution is 7.87. The van der Waals surface area contributed by atoms with Crippen LogP contribution in [0.4, 0.5) is 0 Å². The molecule has 2 aliphatic heterocycles. The molecule has 0 bridgehead atoms. The highest BCUT2D eigenvalue weighted by atomic mass is 32.2. The zero-order valence-corrected chi connectivity index (χ0v) is 10.1. The van der Waals surface area contributed by atoms with Crippen molar-refractivity contribution in [3.05, 3.63) is 0 Å². The molecule has 1 unspecified atom stereocenters. The number of nitrogens with zero attached hydrogens (tertiary/aromatic N) is 2. The van der Waals surface area contributed by atoms with Gasteiger partial charge in [0, 0.05) is 31.7 Å². The van der Waals surface area contributed by atoms with Gasteiger partial charge in [0.1, 0.15) is 0 Å². The second-order valence-corrected chi connectivity index (χ2v) is 6.30. The number of nitrogens with one attached hydrogen (secondary N) is 1. The van der Waals surface area contributed by atoms with Gasteiger partial charge in [0.25, 0.3) is 10.2 Å². The van der Waals surface area contributed by atoms with Gasteiger partial charge in [-0.2, -0.15) is 17.0 Å². The first-order valence-electron chi connectivity index (χ1n) is 5.53. The van der Waals surface area contributed by atoms with E-state index in [2.05, 4.69) is 5.32 Å². The Kier molecular flexibility index (Phi) is 3.03. The average molecular weight is 233 g/mol. The van der Waals surface area contributed by atoms with Crippen molar-refractivity contribution in [3.8, 4) is 0 Å². The van der Waals surface area contributed by atoms with Crippen molar-refractivity contribution in [1.82, 2.24) is 13.9 Å². The minimum Gasteiger partial charge on any atom is -0.315 e. The van der Waals surface area contributed by atoms with Crippen LogP contribution in [-0.2, 0) is 10.2 Å². The van der Waals surface area contributed by atoms with Crippen LogP contribution in [0.5, 0.6) is 0 Å². The lowest BCUT2D eigenvalue weighted by Gasteiger charge is -2.24.